The molecule has 0 bridgehead atoms. The minimum atomic E-state index is -0.964. The fraction of sp³-hybridized carbons (Fsp3) is 0.826. The summed E-state index contributed by atoms with van der Waals surface area (Å²) >= 11 is 0. The Hall–Kier alpha value is -0.780. The largest absolute Gasteiger partial charge is 0.393 e. The molecule has 0 radical (unpaired) electrons. The lowest BCUT2D eigenvalue weighted by Gasteiger charge is -2.58. The molecule has 138 valence electrons. The van der Waals surface area contributed by atoms with Crippen molar-refractivity contribution < 1.29 is 10.2 Å². The number of rotatable bonds is 0. The normalized spacial score (nSPS) is 55.2. The van der Waals surface area contributed by atoms with E-state index in [0.29, 0.717) is 29.6 Å². The second-order valence-corrected chi connectivity index (χ2v) is 10.1. The van der Waals surface area contributed by atoms with Gasteiger partial charge in [0.25, 0.3) is 0 Å². The molecule has 25 heavy (non-hydrogen) atoms. The van der Waals surface area contributed by atoms with Gasteiger partial charge < -0.3 is 10.2 Å². The predicted octanol–water partition coefficient (Wildman–Crippen LogP) is 4.17. The Labute approximate surface area is 153 Å². The van der Waals surface area contributed by atoms with Crippen molar-refractivity contribution >= 4 is 0 Å². The first kappa shape index (κ1) is 17.6. The Morgan fingerprint density at radius 3 is 2.56 bits per heavy atom. The van der Waals surface area contributed by atoms with Gasteiger partial charge in [0, 0.05) is 5.41 Å². The summed E-state index contributed by atoms with van der Waals surface area (Å²) in [7, 11) is 0. The quantitative estimate of drug-likeness (QED) is 0.512. The van der Waals surface area contributed by atoms with Gasteiger partial charge in [0.05, 0.1) is 6.10 Å². The third-order valence-corrected chi connectivity index (χ3v) is 8.78. The zero-order chi connectivity index (χ0) is 18.1. The van der Waals surface area contributed by atoms with Crippen molar-refractivity contribution in [1.29, 1.82) is 0 Å². The fourth-order valence-corrected chi connectivity index (χ4v) is 7.76. The average molecular weight is 343 g/mol. The molecule has 2 N–H and O–H groups in total. The van der Waals surface area contributed by atoms with Crippen molar-refractivity contribution in [3.05, 3.63) is 11.1 Å². The Morgan fingerprint density at radius 1 is 1.16 bits per heavy atom. The summed E-state index contributed by atoms with van der Waals surface area (Å²) in [5.41, 5.74) is 2.10. The summed E-state index contributed by atoms with van der Waals surface area (Å²) in [4.78, 5) is 0. The van der Waals surface area contributed by atoms with Crippen LogP contribution in [0.3, 0.4) is 0 Å². The number of terminal acetylenes is 1. The van der Waals surface area contributed by atoms with Crippen LogP contribution in [0.4, 0.5) is 0 Å². The first-order chi connectivity index (χ1) is 11.7. The summed E-state index contributed by atoms with van der Waals surface area (Å²) in [5, 5.41) is 21.5. The van der Waals surface area contributed by atoms with E-state index in [0.717, 1.165) is 38.5 Å². The second kappa shape index (κ2) is 5.61. The molecule has 0 spiro atoms. The molecule has 0 saturated heterocycles. The van der Waals surface area contributed by atoms with Crippen LogP contribution < -0.4 is 0 Å². The lowest BCUT2D eigenvalue weighted by atomic mass is 9.47. The molecule has 0 aromatic carbocycles. The SMILES string of the molecule is C#C[C@]1(O)[C@H](C)CC2C3C(C)CC4=C(CC[C@H](O)C4)C3[C@@H](C)C[C@@]21C. The highest BCUT2D eigenvalue weighted by molar-refractivity contribution is 5.32. The molecule has 2 nitrogen and oxygen atoms in total. The van der Waals surface area contributed by atoms with E-state index in [1.54, 1.807) is 11.1 Å². The number of hydrogen-bond acceptors (Lipinski definition) is 2. The van der Waals surface area contributed by atoms with Crippen LogP contribution in [-0.2, 0) is 0 Å². The highest BCUT2D eigenvalue weighted by Gasteiger charge is 2.66. The van der Waals surface area contributed by atoms with E-state index in [9.17, 15) is 10.2 Å². The monoisotopic (exact) mass is 342 g/mol. The molecule has 9 atom stereocenters. The van der Waals surface area contributed by atoms with Crippen LogP contribution in [0.2, 0.25) is 0 Å². The van der Waals surface area contributed by atoms with Crippen molar-refractivity contribution in [2.45, 2.75) is 77.9 Å². The van der Waals surface area contributed by atoms with Gasteiger partial charge in [-0.3, -0.25) is 0 Å². The number of aliphatic hydroxyl groups excluding tert-OH is 1. The lowest BCUT2D eigenvalue weighted by Crippen LogP contribution is -2.55. The second-order valence-electron chi connectivity index (χ2n) is 10.1. The highest BCUT2D eigenvalue weighted by Crippen LogP contribution is 2.67. The molecule has 0 amide bonds. The molecule has 4 rings (SSSR count). The fourth-order valence-electron chi connectivity index (χ4n) is 7.76. The van der Waals surface area contributed by atoms with Gasteiger partial charge in [-0.25, -0.2) is 0 Å². The zero-order valence-electron chi connectivity index (χ0n) is 16.3. The van der Waals surface area contributed by atoms with Gasteiger partial charge >= 0.3 is 0 Å². The van der Waals surface area contributed by atoms with Crippen LogP contribution in [0.5, 0.6) is 0 Å². The van der Waals surface area contributed by atoms with Gasteiger partial charge in [-0.1, -0.05) is 44.8 Å². The molecule has 0 aromatic rings. The number of fused-ring (bicyclic) bond motifs is 4. The molecule has 2 saturated carbocycles. The minimum absolute atomic E-state index is 0.135. The van der Waals surface area contributed by atoms with Crippen LogP contribution in [0.15, 0.2) is 11.1 Å². The van der Waals surface area contributed by atoms with Crippen LogP contribution in [-0.4, -0.2) is 21.9 Å². The van der Waals surface area contributed by atoms with E-state index < -0.39 is 5.60 Å². The van der Waals surface area contributed by atoms with E-state index in [1.165, 1.54) is 0 Å². The molecular weight excluding hydrogens is 308 g/mol. The zero-order valence-corrected chi connectivity index (χ0v) is 16.3. The third-order valence-electron chi connectivity index (χ3n) is 8.78. The maximum atomic E-state index is 11.4. The third kappa shape index (κ3) is 2.18. The van der Waals surface area contributed by atoms with Crippen molar-refractivity contribution in [2.24, 2.45) is 40.9 Å². The van der Waals surface area contributed by atoms with Crippen molar-refractivity contribution in [3.8, 4) is 12.3 Å². The van der Waals surface area contributed by atoms with Gasteiger partial charge in [-0.2, -0.15) is 0 Å². The first-order valence-corrected chi connectivity index (χ1v) is 10.3. The standard InChI is InChI=1S/C23H34O2/c1-6-23(25)15(4)10-19-21-13(2)9-16-11-17(24)7-8-18(16)20(21)14(3)12-22(19,23)5/h1,13-15,17,19-21,24-25H,7-12H2,2-5H3/t13?,14-,15+,17-,19?,20?,21?,22-,23-/m0/s1. The Morgan fingerprint density at radius 2 is 1.88 bits per heavy atom. The number of aliphatic hydroxyl groups is 2. The molecule has 0 aliphatic heterocycles. The molecule has 4 unspecified atom stereocenters. The maximum absolute atomic E-state index is 11.4. The molecule has 4 aliphatic rings. The maximum Gasteiger partial charge on any atom is 0.133 e. The van der Waals surface area contributed by atoms with Crippen molar-refractivity contribution in [1.82, 2.24) is 0 Å². The van der Waals surface area contributed by atoms with Gasteiger partial charge in [0.15, 0.2) is 0 Å². The van der Waals surface area contributed by atoms with Crippen molar-refractivity contribution in [3.63, 3.8) is 0 Å². The molecular formula is C23H34O2. The smallest absolute Gasteiger partial charge is 0.133 e. The topological polar surface area (TPSA) is 40.5 Å². The summed E-state index contributed by atoms with van der Waals surface area (Å²) < 4.78 is 0. The molecule has 0 heterocycles. The van der Waals surface area contributed by atoms with Gasteiger partial charge in [-0.15, -0.1) is 6.42 Å². The summed E-state index contributed by atoms with van der Waals surface area (Å²) in [5.74, 6) is 5.96. The lowest BCUT2D eigenvalue weighted by molar-refractivity contribution is -0.108. The van der Waals surface area contributed by atoms with E-state index in [2.05, 4.69) is 33.6 Å². The van der Waals surface area contributed by atoms with Crippen LogP contribution in [0.25, 0.3) is 0 Å². The number of hydrogen-bond donors (Lipinski definition) is 2. The molecule has 2 heteroatoms. The van der Waals surface area contributed by atoms with E-state index in [1.807, 2.05) is 0 Å². The van der Waals surface area contributed by atoms with Gasteiger partial charge in [0.2, 0.25) is 0 Å². The van der Waals surface area contributed by atoms with Gasteiger partial charge in [0.1, 0.15) is 5.60 Å². The van der Waals surface area contributed by atoms with Crippen LogP contribution in [0, 0.1) is 53.3 Å². The molecule has 0 aromatic heterocycles. The Balaban J connectivity index is 1.78. The van der Waals surface area contributed by atoms with Crippen LogP contribution in [0.1, 0.15) is 66.2 Å². The number of allylic oxidation sites excluding steroid dienone is 1. The summed E-state index contributed by atoms with van der Waals surface area (Å²) in [6, 6.07) is 0. The van der Waals surface area contributed by atoms with Crippen molar-refractivity contribution in [2.75, 3.05) is 0 Å². The summed E-state index contributed by atoms with van der Waals surface area (Å²) in [6.07, 6.45) is 11.9. The molecule has 2 fully saturated rings. The predicted molar refractivity (Wildman–Crippen MR) is 101 cm³/mol. The Bertz CT molecular complexity index is 643. The minimum Gasteiger partial charge on any atom is -0.393 e. The molecule has 4 aliphatic carbocycles. The first-order valence-electron chi connectivity index (χ1n) is 10.3. The van der Waals surface area contributed by atoms with Gasteiger partial charge in [-0.05, 0) is 74.0 Å². The van der Waals surface area contributed by atoms with E-state index in [4.69, 9.17) is 6.42 Å². The average Bonchev–Trinajstić information content (AvgIpc) is 2.75. The Kier molecular flexibility index (Phi) is 3.95. The van der Waals surface area contributed by atoms with E-state index >= 15 is 0 Å². The highest BCUT2D eigenvalue weighted by atomic mass is 16.3. The van der Waals surface area contributed by atoms with E-state index in [-0.39, 0.29) is 17.4 Å². The summed E-state index contributed by atoms with van der Waals surface area (Å²) in [6.45, 7) is 9.21. The van der Waals surface area contributed by atoms with Crippen LogP contribution >= 0.6 is 0 Å².